The molecule has 1 atom stereocenters. The van der Waals surface area contributed by atoms with E-state index in [4.69, 9.17) is 5.11 Å². The molecule has 1 unspecified atom stereocenters. The number of aromatic nitrogens is 1. The van der Waals surface area contributed by atoms with Crippen molar-refractivity contribution in [3.05, 3.63) is 27.0 Å². The van der Waals surface area contributed by atoms with Crippen LogP contribution in [-0.4, -0.2) is 39.2 Å². The fourth-order valence-corrected chi connectivity index (χ4v) is 3.60. The summed E-state index contributed by atoms with van der Waals surface area (Å²) in [6, 6.07) is 3.79. The molecule has 0 aromatic carbocycles. The molecule has 0 aliphatic heterocycles. The first-order chi connectivity index (χ1) is 9.79. The van der Waals surface area contributed by atoms with Crippen molar-refractivity contribution in [1.82, 2.24) is 10.3 Å². The predicted octanol–water partition coefficient (Wildman–Crippen LogP) is 2.20. The second kappa shape index (κ2) is 6.22. The molecular formula is C12H11BrN2O4S2. The van der Waals surface area contributed by atoms with Gasteiger partial charge >= 0.3 is 5.97 Å². The molecule has 0 saturated heterocycles. The number of nitrogens with one attached hydrogen (secondary N) is 1. The van der Waals surface area contributed by atoms with Crippen LogP contribution in [0.5, 0.6) is 0 Å². The highest BCUT2D eigenvalue weighted by Gasteiger charge is 2.30. The van der Waals surface area contributed by atoms with Crippen LogP contribution < -0.4 is 5.32 Å². The van der Waals surface area contributed by atoms with Gasteiger partial charge in [0, 0.05) is 5.38 Å². The van der Waals surface area contributed by atoms with Gasteiger partial charge in [-0.1, -0.05) is 0 Å². The monoisotopic (exact) mass is 390 g/mol. The van der Waals surface area contributed by atoms with Gasteiger partial charge in [0.2, 0.25) is 0 Å². The summed E-state index contributed by atoms with van der Waals surface area (Å²) in [4.78, 5) is 27.8. The molecule has 0 radical (unpaired) electrons. The molecule has 0 bridgehead atoms. The Kier molecular flexibility index (Phi) is 4.77. The molecule has 2 rings (SSSR count). The summed E-state index contributed by atoms with van der Waals surface area (Å²) >= 11 is 6.18. The van der Waals surface area contributed by atoms with Crippen molar-refractivity contribution >= 4 is 50.5 Å². The van der Waals surface area contributed by atoms with E-state index < -0.39 is 24.0 Å². The van der Waals surface area contributed by atoms with Crippen molar-refractivity contribution in [1.29, 1.82) is 0 Å². The number of aliphatic hydroxyl groups is 1. The van der Waals surface area contributed by atoms with E-state index in [0.29, 0.717) is 5.01 Å². The normalized spacial score (nSPS) is 13.7. The topological polar surface area (TPSA) is 99.5 Å². The lowest BCUT2D eigenvalue weighted by Crippen LogP contribution is -2.46. The van der Waals surface area contributed by atoms with Crippen molar-refractivity contribution in [2.24, 2.45) is 0 Å². The van der Waals surface area contributed by atoms with Gasteiger partial charge in [-0.05, 0) is 35.0 Å². The molecule has 2 heterocycles. The molecular weight excluding hydrogens is 380 g/mol. The summed E-state index contributed by atoms with van der Waals surface area (Å²) < 4.78 is 0.969. The quantitative estimate of drug-likeness (QED) is 0.726. The van der Waals surface area contributed by atoms with Crippen LogP contribution in [0.3, 0.4) is 0 Å². The maximum absolute atomic E-state index is 11.9. The zero-order chi connectivity index (χ0) is 15.6. The number of halogens is 1. The van der Waals surface area contributed by atoms with E-state index in [-0.39, 0.29) is 5.69 Å². The van der Waals surface area contributed by atoms with Crippen LogP contribution in [-0.2, 0) is 4.79 Å². The van der Waals surface area contributed by atoms with E-state index in [9.17, 15) is 14.7 Å². The molecule has 112 valence electrons. The summed E-state index contributed by atoms with van der Waals surface area (Å²) in [5.74, 6) is -1.92. The minimum absolute atomic E-state index is 0.195. The highest BCUT2D eigenvalue weighted by molar-refractivity contribution is 9.11. The first-order valence-electron chi connectivity index (χ1n) is 5.75. The van der Waals surface area contributed by atoms with E-state index in [2.05, 4.69) is 26.2 Å². The molecule has 9 heteroatoms. The maximum Gasteiger partial charge on any atom is 0.337 e. The van der Waals surface area contributed by atoms with Crippen LogP contribution in [0.1, 0.15) is 17.4 Å². The maximum atomic E-state index is 11.9. The molecule has 0 spiro atoms. The van der Waals surface area contributed by atoms with E-state index in [1.807, 2.05) is 12.1 Å². The Balaban J connectivity index is 2.04. The number of aliphatic carboxylic acids is 1. The fraction of sp³-hybridized carbons (Fsp3) is 0.250. The smallest absolute Gasteiger partial charge is 0.337 e. The molecule has 2 aromatic rings. The Hall–Kier alpha value is -1.29. The number of hydrogen-bond acceptors (Lipinski definition) is 6. The van der Waals surface area contributed by atoms with Gasteiger partial charge in [0.1, 0.15) is 10.7 Å². The lowest BCUT2D eigenvalue weighted by molar-refractivity contribution is -0.155. The summed E-state index contributed by atoms with van der Waals surface area (Å²) in [5, 5.41) is 23.0. The van der Waals surface area contributed by atoms with Gasteiger partial charge in [-0.15, -0.1) is 22.7 Å². The number of thiophene rings is 1. The largest absolute Gasteiger partial charge is 0.479 e. The van der Waals surface area contributed by atoms with E-state index in [1.165, 1.54) is 22.7 Å². The van der Waals surface area contributed by atoms with Crippen LogP contribution >= 0.6 is 38.6 Å². The summed E-state index contributed by atoms with van der Waals surface area (Å²) in [5.41, 5.74) is -1.81. The number of rotatable bonds is 5. The van der Waals surface area contributed by atoms with Crippen molar-refractivity contribution in [2.45, 2.75) is 12.5 Å². The number of hydrogen-bond donors (Lipinski definition) is 3. The predicted molar refractivity (Wildman–Crippen MR) is 83.7 cm³/mol. The van der Waals surface area contributed by atoms with Crippen LogP contribution in [0.25, 0.3) is 9.88 Å². The van der Waals surface area contributed by atoms with E-state index >= 15 is 0 Å². The Morgan fingerprint density at radius 1 is 1.48 bits per heavy atom. The van der Waals surface area contributed by atoms with Crippen molar-refractivity contribution in [3.8, 4) is 9.88 Å². The zero-order valence-electron chi connectivity index (χ0n) is 10.8. The number of carboxylic acid groups (broad SMARTS) is 1. The van der Waals surface area contributed by atoms with E-state index in [1.54, 1.807) is 5.38 Å². The third-order valence-corrected chi connectivity index (χ3v) is 5.21. The van der Waals surface area contributed by atoms with Gasteiger partial charge in [0.15, 0.2) is 5.60 Å². The number of amides is 1. The SMILES string of the molecule is CC(O)(CNC(=O)c1csc(-c2ccc(Br)s2)n1)C(=O)O. The van der Waals surface area contributed by atoms with Gasteiger partial charge in [0.05, 0.1) is 15.2 Å². The average molecular weight is 391 g/mol. The van der Waals surface area contributed by atoms with Crippen LogP contribution in [0, 0.1) is 0 Å². The standard InChI is InChI=1S/C12H11BrN2O4S2/c1-12(19,11(17)18)5-14-9(16)6-4-20-10(15-6)7-2-3-8(13)21-7/h2-4,19H,5H2,1H3,(H,14,16)(H,17,18). The number of carbonyl (C=O) groups is 2. The third kappa shape index (κ3) is 3.88. The Bertz CT molecular complexity index is 680. The van der Waals surface area contributed by atoms with Gasteiger partial charge in [-0.25, -0.2) is 9.78 Å². The summed E-state index contributed by atoms with van der Waals surface area (Å²) in [6.07, 6.45) is 0. The minimum Gasteiger partial charge on any atom is -0.479 e. The highest BCUT2D eigenvalue weighted by Crippen LogP contribution is 2.33. The van der Waals surface area contributed by atoms with Gasteiger partial charge in [-0.2, -0.15) is 0 Å². The Morgan fingerprint density at radius 2 is 2.19 bits per heavy atom. The van der Waals surface area contributed by atoms with Crippen molar-refractivity contribution in [2.75, 3.05) is 6.54 Å². The lowest BCUT2D eigenvalue weighted by atomic mass is 10.1. The molecule has 0 saturated carbocycles. The van der Waals surface area contributed by atoms with E-state index in [0.717, 1.165) is 15.6 Å². The molecule has 21 heavy (non-hydrogen) atoms. The number of thiazole rings is 1. The molecule has 0 aliphatic rings. The Morgan fingerprint density at radius 3 is 2.76 bits per heavy atom. The van der Waals surface area contributed by atoms with Crippen molar-refractivity contribution < 1.29 is 19.8 Å². The molecule has 0 fully saturated rings. The first-order valence-corrected chi connectivity index (χ1v) is 8.24. The molecule has 6 nitrogen and oxygen atoms in total. The molecule has 1 amide bonds. The summed E-state index contributed by atoms with van der Waals surface area (Å²) in [7, 11) is 0. The van der Waals surface area contributed by atoms with Gasteiger partial charge in [0.25, 0.3) is 5.91 Å². The zero-order valence-corrected chi connectivity index (χ0v) is 14.0. The fourth-order valence-electron chi connectivity index (χ4n) is 1.34. The minimum atomic E-state index is -2.01. The molecule has 0 aliphatic carbocycles. The second-order valence-corrected chi connectivity index (χ2v) is 7.72. The van der Waals surface area contributed by atoms with Gasteiger partial charge in [-0.3, -0.25) is 4.79 Å². The lowest BCUT2D eigenvalue weighted by Gasteiger charge is -2.17. The molecule has 3 N–H and O–H groups in total. The second-order valence-electron chi connectivity index (χ2n) is 4.40. The summed E-state index contributed by atoms with van der Waals surface area (Å²) in [6.45, 7) is 0.726. The van der Waals surface area contributed by atoms with Crippen molar-refractivity contribution in [3.63, 3.8) is 0 Å². The van der Waals surface area contributed by atoms with Crippen LogP contribution in [0.4, 0.5) is 0 Å². The number of nitrogens with zero attached hydrogens (tertiary/aromatic N) is 1. The molecule has 2 aromatic heterocycles. The Labute approximate surface area is 136 Å². The number of carbonyl (C=O) groups excluding carboxylic acids is 1. The van der Waals surface area contributed by atoms with Gasteiger partial charge < -0.3 is 15.5 Å². The van der Waals surface area contributed by atoms with Crippen LogP contribution in [0.15, 0.2) is 21.3 Å². The average Bonchev–Trinajstić information content (AvgIpc) is 3.04. The highest BCUT2D eigenvalue weighted by atomic mass is 79.9. The first kappa shape index (κ1) is 16.1. The number of carboxylic acids is 1. The third-order valence-electron chi connectivity index (χ3n) is 2.57. The van der Waals surface area contributed by atoms with Crippen LogP contribution in [0.2, 0.25) is 0 Å².